The smallest absolute Gasteiger partial charge is 0.409 e. The molecule has 0 aromatic heterocycles. The third-order valence-electron chi connectivity index (χ3n) is 3.49. The first kappa shape index (κ1) is 15.8. The maximum Gasteiger partial charge on any atom is 0.409 e. The van der Waals surface area contributed by atoms with E-state index >= 15 is 0 Å². The molecule has 1 unspecified atom stereocenters. The van der Waals surface area contributed by atoms with Crippen molar-refractivity contribution in [2.24, 2.45) is 17.6 Å². The van der Waals surface area contributed by atoms with Crippen LogP contribution in [0.15, 0.2) is 0 Å². The summed E-state index contributed by atoms with van der Waals surface area (Å²) in [7, 11) is 0. The predicted octanol–water partition coefficient (Wildman–Crippen LogP) is 0.518. The van der Waals surface area contributed by atoms with Crippen molar-refractivity contribution in [3.05, 3.63) is 0 Å². The lowest BCUT2D eigenvalue weighted by Crippen LogP contribution is -2.53. The van der Waals surface area contributed by atoms with Gasteiger partial charge < -0.3 is 20.3 Å². The fourth-order valence-corrected chi connectivity index (χ4v) is 2.22. The van der Waals surface area contributed by atoms with Crippen molar-refractivity contribution in [2.75, 3.05) is 39.3 Å². The first-order valence-corrected chi connectivity index (χ1v) is 6.91. The molecule has 0 bridgehead atoms. The summed E-state index contributed by atoms with van der Waals surface area (Å²) in [6, 6.07) is 0. The van der Waals surface area contributed by atoms with Crippen LogP contribution < -0.4 is 5.73 Å². The van der Waals surface area contributed by atoms with Crippen LogP contribution >= 0.6 is 0 Å². The van der Waals surface area contributed by atoms with Gasteiger partial charge in [-0.05, 0) is 12.8 Å². The maximum atomic E-state index is 12.3. The van der Waals surface area contributed by atoms with E-state index in [1.165, 1.54) is 0 Å². The number of rotatable bonds is 4. The van der Waals surface area contributed by atoms with E-state index in [1.54, 1.807) is 16.7 Å². The molecule has 0 radical (unpaired) electrons. The molecule has 1 aliphatic rings. The number of hydrogen-bond donors (Lipinski definition) is 1. The van der Waals surface area contributed by atoms with Crippen molar-refractivity contribution in [1.29, 1.82) is 0 Å². The standard InChI is InChI=1S/C13H25N3O3/c1-4-19-13(18)16-7-5-15(6-8-16)12(17)11(9-14)10(2)3/h10-11H,4-9,14H2,1-3H3. The molecule has 0 aromatic carbocycles. The van der Waals surface area contributed by atoms with Crippen molar-refractivity contribution in [1.82, 2.24) is 9.80 Å². The average molecular weight is 271 g/mol. The Hall–Kier alpha value is -1.30. The lowest BCUT2D eigenvalue weighted by Gasteiger charge is -2.36. The van der Waals surface area contributed by atoms with Gasteiger partial charge in [0.05, 0.1) is 12.5 Å². The second kappa shape index (κ2) is 7.33. The van der Waals surface area contributed by atoms with Gasteiger partial charge in [-0.3, -0.25) is 4.79 Å². The quantitative estimate of drug-likeness (QED) is 0.808. The van der Waals surface area contributed by atoms with Gasteiger partial charge in [-0.25, -0.2) is 4.79 Å². The fraction of sp³-hybridized carbons (Fsp3) is 0.846. The summed E-state index contributed by atoms with van der Waals surface area (Å²) in [4.78, 5) is 27.3. The van der Waals surface area contributed by atoms with Crippen molar-refractivity contribution in [3.63, 3.8) is 0 Å². The molecule has 1 rings (SSSR count). The van der Waals surface area contributed by atoms with Crippen LogP contribution in [0.1, 0.15) is 20.8 Å². The number of piperazine rings is 1. The van der Waals surface area contributed by atoms with Gasteiger partial charge >= 0.3 is 6.09 Å². The van der Waals surface area contributed by atoms with E-state index in [0.29, 0.717) is 39.3 Å². The number of amides is 2. The Balaban J connectivity index is 2.49. The molecular weight excluding hydrogens is 246 g/mol. The van der Waals surface area contributed by atoms with Crippen LogP contribution in [-0.4, -0.2) is 61.1 Å². The van der Waals surface area contributed by atoms with E-state index in [4.69, 9.17) is 10.5 Å². The van der Waals surface area contributed by atoms with Gasteiger partial charge in [0.15, 0.2) is 0 Å². The highest BCUT2D eigenvalue weighted by atomic mass is 16.6. The maximum absolute atomic E-state index is 12.3. The Morgan fingerprint density at radius 3 is 2.11 bits per heavy atom. The highest BCUT2D eigenvalue weighted by molar-refractivity contribution is 5.79. The van der Waals surface area contributed by atoms with E-state index < -0.39 is 0 Å². The number of carbonyl (C=O) groups is 2. The first-order chi connectivity index (χ1) is 9.01. The molecule has 19 heavy (non-hydrogen) atoms. The minimum absolute atomic E-state index is 0.0982. The average Bonchev–Trinajstić information content (AvgIpc) is 2.39. The normalized spacial score (nSPS) is 17.5. The summed E-state index contributed by atoms with van der Waals surface area (Å²) in [5.74, 6) is 0.204. The van der Waals surface area contributed by atoms with Crippen LogP contribution in [0.3, 0.4) is 0 Å². The Morgan fingerprint density at radius 2 is 1.68 bits per heavy atom. The van der Waals surface area contributed by atoms with E-state index in [1.807, 2.05) is 13.8 Å². The molecule has 1 fully saturated rings. The number of hydrogen-bond acceptors (Lipinski definition) is 4. The van der Waals surface area contributed by atoms with Crippen LogP contribution in [-0.2, 0) is 9.53 Å². The fourth-order valence-electron chi connectivity index (χ4n) is 2.22. The van der Waals surface area contributed by atoms with Gasteiger partial charge in [0.1, 0.15) is 0 Å². The van der Waals surface area contributed by atoms with Crippen molar-refractivity contribution in [3.8, 4) is 0 Å². The molecule has 2 N–H and O–H groups in total. The summed E-state index contributed by atoms with van der Waals surface area (Å²) in [6.45, 7) is 8.71. The molecule has 1 heterocycles. The number of ether oxygens (including phenoxy) is 1. The lowest BCUT2D eigenvalue weighted by molar-refractivity contribution is -0.138. The highest BCUT2D eigenvalue weighted by Crippen LogP contribution is 2.15. The number of nitrogens with two attached hydrogens (primary N) is 1. The third-order valence-corrected chi connectivity index (χ3v) is 3.49. The minimum Gasteiger partial charge on any atom is -0.450 e. The zero-order valence-corrected chi connectivity index (χ0v) is 12.1. The molecular formula is C13H25N3O3. The predicted molar refractivity (Wildman–Crippen MR) is 72.6 cm³/mol. The van der Waals surface area contributed by atoms with Gasteiger partial charge in [-0.1, -0.05) is 13.8 Å². The molecule has 0 saturated carbocycles. The summed E-state index contributed by atoms with van der Waals surface area (Å²) in [5.41, 5.74) is 5.66. The van der Waals surface area contributed by atoms with Crippen LogP contribution in [0.4, 0.5) is 4.79 Å². The summed E-state index contributed by atoms with van der Waals surface area (Å²) in [5, 5.41) is 0. The zero-order chi connectivity index (χ0) is 14.4. The molecule has 1 saturated heterocycles. The first-order valence-electron chi connectivity index (χ1n) is 6.91. The molecule has 6 heteroatoms. The van der Waals surface area contributed by atoms with E-state index in [-0.39, 0.29) is 23.8 Å². The second-order valence-corrected chi connectivity index (χ2v) is 5.10. The van der Waals surface area contributed by atoms with E-state index in [2.05, 4.69) is 0 Å². The van der Waals surface area contributed by atoms with E-state index in [0.717, 1.165) is 0 Å². The molecule has 6 nitrogen and oxygen atoms in total. The SMILES string of the molecule is CCOC(=O)N1CCN(C(=O)C(CN)C(C)C)CC1. The van der Waals surface area contributed by atoms with Crippen LogP contribution in [0.25, 0.3) is 0 Å². The van der Waals surface area contributed by atoms with Crippen molar-refractivity contribution in [2.45, 2.75) is 20.8 Å². The van der Waals surface area contributed by atoms with Gasteiger partial charge in [-0.2, -0.15) is 0 Å². The molecule has 0 aromatic rings. The minimum atomic E-state index is -0.297. The van der Waals surface area contributed by atoms with Gasteiger partial charge in [0.25, 0.3) is 0 Å². The van der Waals surface area contributed by atoms with Crippen LogP contribution in [0.5, 0.6) is 0 Å². The van der Waals surface area contributed by atoms with Crippen LogP contribution in [0.2, 0.25) is 0 Å². The second-order valence-electron chi connectivity index (χ2n) is 5.10. The molecule has 1 atom stereocenters. The lowest BCUT2D eigenvalue weighted by atomic mass is 9.94. The molecule has 0 spiro atoms. The Morgan fingerprint density at radius 1 is 1.16 bits per heavy atom. The Kier molecular flexibility index (Phi) is 6.08. The monoisotopic (exact) mass is 271 g/mol. The molecule has 2 amide bonds. The third kappa shape index (κ3) is 4.09. The Bertz CT molecular complexity index is 312. The summed E-state index contributed by atoms with van der Waals surface area (Å²) in [6.07, 6.45) is -0.297. The summed E-state index contributed by atoms with van der Waals surface area (Å²) < 4.78 is 4.95. The van der Waals surface area contributed by atoms with Crippen LogP contribution in [0, 0.1) is 11.8 Å². The van der Waals surface area contributed by atoms with Gasteiger partial charge in [0.2, 0.25) is 5.91 Å². The van der Waals surface area contributed by atoms with Crippen molar-refractivity contribution < 1.29 is 14.3 Å². The van der Waals surface area contributed by atoms with Gasteiger partial charge in [-0.15, -0.1) is 0 Å². The number of carbonyl (C=O) groups excluding carboxylic acids is 2. The molecule has 110 valence electrons. The summed E-state index contributed by atoms with van der Waals surface area (Å²) >= 11 is 0. The molecule has 0 aliphatic carbocycles. The van der Waals surface area contributed by atoms with Gasteiger partial charge in [0, 0.05) is 32.7 Å². The molecule has 1 aliphatic heterocycles. The largest absolute Gasteiger partial charge is 0.450 e. The zero-order valence-electron chi connectivity index (χ0n) is 12.1. The topological polar surface area (TPSA) is 75.9 Å². The van der Waals surface area contributed by atoms with E-state index in [9.17, 15) is 9.59 Å². The van der Waals surface area contributed by atoms with Crippen molar-refractivity contribution >= 4 is 12.0 Å². The number of nitrogens with zero attached hydrogens (tertiary/aromatic N) is 2. The Labute approximate surface area is 114 Å². The highest BCUT2D eigenvalue weighted by Gasteiger charge is 2.29.